The second-order valence-electron chi connectivity index (χ2n) is 11.0. The Morgan fingerprint density at radius 1 is 0.909 bits per heavy atom. The maximum Gasteiger partial charge on any atom is 0.247 e. The molecule has 0 saturated carbocycles. The van der Waals surface area contributed by atoms with E-state index in [4.69, 9.17) is 0 Å². The molecule has 0 unspecified atom stereocenters. The molecule has 0 N–H and O–H groups in total. The minimum atomic E-state index is -0.688. The molecule has 1 aliphatic heterocycles. The van der Waals surface area contributed by atoms with Crippen molar-refractivity contribution in [3.05, 3.63) is 148 Å². The quantitative estimate of drug-likeness (QED) is 0.176. The first-order valence-corrected chi connectivity index (χ1v) is 15.7. The van der Waals surface area contributed by atoms with Gasteiger partial charge >= 0.3 is 0 Å². The highest BCUT2D eigenvalue weighted by atomic mass is 32.1. The van der Waals surface area contributed by atoms with E-state index < -0.39 is 6.04 Å². The molecule has 220 valence electrons. The molecule has 0 bridgehead atoms. The second kappa shape index (κ2) is 13.6. The first-order chi connectivity index (χ1) is 21.5. The number of hydrogen-bond donors (Lipinski definition) is 0. The van der Waals surface area contributed by atoms with Crippen LogP contribution in [0.15, 0.2) is 115 Å². The van der Waals surface area contributed by atoms with Crippen molar-refractivity contribution in [2.75, 3.05) is 6.54 Å². The SMILES string of the molecule is Cc1nc(/C=C/C(=O)N(Cc2ccc(-c3ccccn3)cc2)[C@@H](Cc2ccccc2)C(=O)N2CCc3ccccc3C2)cs1. The Bertz CT molecular complexity index is 1750. The summed E-state index contributed by atoms with van der Waals surface area (Å²) in [5.74, 6) is -0.268. The van der Waals surface area contributed by atoms with Crippen LogP contribution in [0.25, 0.3) is 17.3 Å². The van der Waals surface area contributed by atoms with Crippen molar-refractivity contribution in [2.24, 2.45) is 0 Å². The van der Waals surface area contributed by atoms with Crippen molar-refractivity contribution in [2.45, 2.75) is 38.9 Å². The molecule has 3 aromatic carbocycles. The Hall–Kier alpha value is -4.88. The number of rotatable bonds is 9. The van der Waals surface area contributed by atoms with Crippen molar-refractivity contribution < 1.29 is 9.59 Å². The number of nitrogens with zero attached hydrogens (tertiary/aromatic N) is 4. The zero-order valence-corrected chi connectivity index (χ0v) is 25.5. The number of benzene rings is 3. The fraction of sp³-hybridized carbons (Fsp3) is 0.189. The monoisotopic (exact) mass is 598 g/mol. The Balaban J connectivity index is 1.34. The van der Waals surface area contributed by atoms with Crippen molar-refractivity contribution in [1.29, 1.82) is 0 Å². The summed E-state index contributed by atoms with van der Waals surface area (Å²) in [6.45, 7) is 3.39. The Morgan fingerprint density at radius 3 is 2.39 bits per heavy atom. The maximum absolute atomic E-state index is 14.5. The van der Waals surface area contributed by atoms with E-state index in [2.05, 4.69) is 22.1 Å². The predicted octanol–water partition coefficient (Wildman–Crippen LogP) is 6.75. The van der Waals surface area contributed by atoms with Crippen LogP contribution in [0.1, 0.15) is 33.0 Å². The van der Waals surface area contributed by atoms with Crippen molar-refractivity contribution in [3.8, 4) is 11.3 Å². The number of carbonyl (C=O) groups excluding carboxylic acids is 2. The van der Waals surface area contributed by atoms with Crippen LogP contribution in [0.4, 0.5) is 0 Å². The Labute approximate surface area is 262 Å². The van der Waals surface area contributed by atoms with Gasteiger partial charge in [-0.25, -0.2) is 4.98 Å². The lowest BCUT2D eigenvalue weighted by molar-refractivity contribution is -0.144. The number of amides is 2. The summed E-state index contributed by atoms with van der Waals surface area (Å²) >= 11 is 1.54. The zero-order valence-electron chi connectivity index (χ0n) is 24.7. The third kappa shape index (κ3) is 7.01. The lowest BCUT2D eigenvalue weighted by Gasteiger charge is -2.37. The maximum atomic E-state index is 14.5. The molecular weight excluding hydrogens is 565 g/mol. The molecule has 2 amide bonds. The first kappa shape index (κ1) is 29.2. The lowest BCUT2D eigenvalue weighted by Crippen LogP contribution is -2.52. The summed E-state index contributed by atoms with van der Waals surface area (Å²) < 4.78 is 0. The number of hydrogen-bond acceptors (Lipinski definition) is 5. The first-order valence-electron chi connectivity index (χ1n) is 14.8. The van der Waals surface area contributed by atoms with Gasteiger partial charge < -0.3 is 9.80 Å². The summed E-state index contributed by atoms with van der Waals surface area (Å²) in [5, 5.41) is 2.86. The van der Waals surface area contributed by atoms with E-state index in [0.29, 0.717) is 19.5 Å². The van der Waals surface area contributed by atoms with E-state index >= 15 is 0 Å². The smallest absolute Gasteiger partial charge is 0.247 e. The molecule has 6 nitrogen and oxygen atoms in total. The Kier molecular flexibility index (Phi) is 9.03. The van der Waals surface area contributed by atoms with Gasteiger partial charge in [-0.05, 0) is 53.8 Å². The summed E-state index contributed by atoms with van der Waals surface area (Å²) in [6.07, 6.45) is 6.28. The van der Waals surface area contributed by atoms with Gasteiger partial charge in [-0.2, -0.15) is 0 Å². The zero-order chi connectivity index (χ0) is 30.3. The third-order valence-corrected chi connectivity index (χ3v) is 8.75. The molecule has 0 fully saturated rings. The van der Waals surface area contributed by atoms with E-state index in [1.165, 1.54) is 16.9 Å². The van der Waals surface area contributed by atoms with E-state index in [0.717, 1.165) is 45.1 Å². The van der Waals surface area contributed by atoms with Crippen LogP contribution in [-0.4, -0.2) is 44.2 Å². The molecule has 2 aromatic heterocycles. The summed E-state index contributed by atoms with van der Waals surface area (Å²) in [5.41, 5.74) is 6.99. The molecule has 6 rings (SSSR count). The Morgan fingerprint density at radius 2 is 1.66 bits per heavy atom. The molecule has 0 spiro atoms. The summed E-state index contributed by atoms with van der Waals surface area (Å²) in [7, 11) is 0. The topological polar surface area (TPSA) is 66.4 Å². The van der Waals surface area contributed by atoms with E-state index in [-0.39, 0.29) is 18.4 Å². The molecule has 0 aliphatic carbocycles. The van der Waals surface area contributed by atoms with Gasteiger partial charge in [0.2, 0.25) is 11.8 Å². The molecule has 44 heavy (non-hydrogen) atoms. The molecule has 0 radical (unpaired) electrons. The number of carbonyl (C=O) groups is 2. The summed E-state index contributed by atoms with van der Waals surface area (Å²) in [4.78, 5) is 41.1. The van der Waals surface area contributed by atoms with Gasteiger partial charge in [0.1, 0.15) is 6.04 Å². The highest BCUT2D eigenvalue weighted by molar-refractivity contribution is 7.09. The average Bonchev–Trinajstić information content (AvgIpc) is 3.50. The highest BCUT2D eigenvalue weighted by Crippen LogP contribution is 2.24. The van der Waals surface area contributed by atoms with Gasteiger partial charge in [0.25, 0.3) is 0 Å². The number of aryl methyl sites for hydroxylation is 1. The normalized spacial score (nSPS) is 13.4. The van der Waals surface area contributed by atoms with Crippen LogP contribution >= 0.6 is 11.3 Å². The molecular formula is C37H34N4O2S. The van der Waals surface area contributed by atoms with Gasteiger partial charge in [0, 0.05) is 49.3 Å². The van der Waals surface area contributed by atoms with Crippen molar-refractivity contribution >= 4 is 29.2 Å². The number of fused-ring (bicyclic) bond motifs is 1. The minimum Gasteiger partial charge on any atom is -0.336 e. The summed E-state index contributed by atoms with van der Waals surface area (Å²) in [6, 6.07) is 31.4. The average molecular weight is 599 g/mol. The lowest BCUT2D eigenvalue weighted by atomic mass is 9.97. The highest BCUT2D eigenvalue weighted by Gasteiger charge is 2.34. The van der Waals surface area contributed by atoms with Crippen LogP contribution in [-0.2, 0) is 35.5 Å². The molecule has 5 aromatic rings. The van der Waals surface area contributed by atoms with E-state index in [1.807, 2.05) is 102 Å². The van der Waals surface area contributed by atoms with E-state index in [1.54, 1.807) is 23.2 Å². The molecule has 0 saturated heterocycles. The number of aromatic nitrogens is 2. The predicted molar refractivity (Wildman–Crippen MR) is 176 cm³/mol. The fourth-order valence-corrected chi connectivity index (χ4v) is 6.21. The van der Waals surface area contributed by atoms with Gasteiger partial charge in [0.15, 0.2) is 0 Å². The second-order valence-corrected chi connectivity index (χ2v) is 12.0. The molecule has 1 aliphatic rings. The van der Waals surface area contributed by atoms with Gasteiger partial charge in [-0.1, -0.05) is 84.9 Å². The van der Waals surface area contributed by atoms with Crippen LogP contribution in [0, 0.1) is 6.92 Å². The molecule has 7 heteroatoms. The van der Waals surface area contributed by atoms with Gasteiger partial charge in [-0.15, -0.1) is 11.3 Å². The van der Waals surface area contributed by atoms with Gasteiger partial charge in [-0.3, -0.25) is 14.6 Å². The number of pyridine rings is 1. The van der Waals surface area contributed by atoms with Gasteiger partial charge in [0.05, 0.1) is 16.4 Å². The number of thiazole rings is 1. The van der Waals surface area contributed by atoms with E-state index in [9.17, 15) is 9.59 Å². The van der Waals surface area contributed by atoms with Crippen LogP contribution in [0.3, 0.4) is 0 Å². The largest absolute Gasteiger partial charge is 0.336 e. The van der Waals surface area contributed by atoms with Crippen LogP contribution in [0.2, 0.25) is 0 Å². The van der Waals surface area contributed by atoms with Crippen molar-refractivity contribution in [1.82, 2.24) is 19.8 Å². The van der Waals surface area contributed by atoms with Crippen LogP contribution < -0.4 is 0 Å². The standard InChI is InChI=1S/C37H34N4O2S/c1-27-39-33(26-44-27)18-19-36(42)41(24-29-14-16-31(17-15-29)34-13-7-8-21-38-34)35(23-28-9-3-2-4-10-28)37(43)40-22-20-30-11-5-6-12-32(30)25-40/h2-19,21,26,35H,20,22-25H2,1H3/b19-18+/t35-/m0/s1. The third-order valence-electron chi connectivity index (χ3n) is 7.96. The minimum absolute atomic E-state index is 0.0419. The van der Waals surface area contributed by atoms with Crippen LogP contribution in [0.5, 0.6) is 0 Å². The van der Waals surface area contributed by atoms with Crippen molar-refractivity contribution in [3.63, 3.8) is 0 Å². The molecule has 3 heterocycles. The fourth-order valence-electron chi connectivity index (χ4n) is 5.62. The molecule has 1 atom stereocenters.